The summed E-state index contributed by atoms with van der Waals surface area (Å²) in [5.74, 6) is -1.80. The molecule has 0 saturated heterocycles. The number of rotatable bonds is 4. The van der Waals surface area contributed by atoms with Gasteiger partial charge in [0.05, 0.1) is 6.07 Å². The SMILES string of the molecule is N#CC(C(N)=O)c1ccc(C(=O)c2ccccc2)cc1. The molecule has 1 unspecified atom stereocenters. The van der Waals surface area contributed by atoms with Gasteiger partial charge < -0.3 is 5.73 Å². The Balaban J connectivity index is 2.27. The largest absolute Gasteiger partial charge is 0.368 e. The van der Waals surface area contributed by atoms with Gasteiger partial charge in [0.1, 0.15) is 5.92 Å². The van der Waals surface area contributed by atoms with Crippen LogP contribution in [0.2, 0.25) is 0 Å². The van der Waals surface area contributed by atoms with E-state index in [-0.39, 0.29) is 5.78 Å². The van der Waals surface area contributed by atoms with Crippen LogP contribution in [0.15, 0.2) is 54.6 Å². The van der Waals surface area contributed by atoms with Gasteiger partial charge in [-0.2, -0.15) is 5.26 Å². The zero-order valence-electron chi connectivity index (χ0n) is 10.6. The van der Waals surface area contributed by atoms with Crippen molar-refractivity contribution in [1.29, 1.82) is 5.26 Å². The van der Waals surface area contributed by atoms with Gasteiger partial charge in [0.2, 0.25) is 5.91 Å². The van der Waals surface area contributed by atoms with Crippen molar-refractivity contribution in [3.05, 3.63) is 71.3 Å². The van der Waals surface area contributed by atoms with Crippen molar-refractivity contribution in [3.63, 3.8) is 0 Å². The summed E-state index contributed by atoms with van der Waals surface area (Å²) in [5.41, 5.74) is 6.72. The maximum Gasteiger partial charge on any atom is 0.239 e. The van der Waals surface area contributed by atoms with Gasteiger partial charge in [0.15, 0.2) is 5.78 Å². The second-order valence-electron chi connectivity index (χ2n) is 4.28. The highest BCUT2D eigenvalue weighted by Gasteiger charge is 2.17. The Labute approximate surface area is 116 Å². The van der Waals surface area contributed by atoms with Crippen molar-refractivity contribution in [1.82, 2.24) is 0 Å². The van der Waals surface area contributed by atoms with Crippen LogP contribution < -0.4 is 5.73 Å². The first kappa shape index (κ1) is 13.5. The Morgan fingerprint density at radius 3 is 2.00 bits per heavy atom. The molecular formula is C16H12N2O2. The summed E-state index contributed by atoms with van der Waals surface area (Å²) < 4.78 is 0. The summed E-state index contributed by atoms with van der Waals surface area (Å²) in [6.07, 6.45) is 0. The lowest BCUT2D eigenvalue weighted by Gasteiger charge is -2.06. The third kappa shape index (κ3) is 2.73. The number of nitrogens with zero attached hydrogens (tertiary/aromatic N) is 1. The van der Waals surface area contributed by atoms with Crippen LogP contribution in [0, 0.1) is 11.3 Å². The van der Waals surface area contributed by atoms with E-state index in [4.69, 9.17) is 11.0 Å². The van der Waals surface area contributed by atoms with Crippen molar-refractivity contribution < 1.29 is 9.59 Å². The minimum atomic E-state index is -0.990. The van der Waals surface area contributed by atoms with Gasteiger partial charge in [0, 0.05) is 11.1 Å². The molecule has 2 aromatic carbocycles. The van der Waals surface area contributed by atoms with Crippen LogP contribution in [0.4, 0.5) is 0 Å². The number of carbonyl (C=O) groups is 2. The van der Waals surface area contributed by atoms with Crippen LogP contribution in [0.3, 0.4) is 0 Å². The molecule has 4 heteroatoms. The fraction of sp³-hybridized carbons (Fsp3) is 0.0625. The molecule has 0 aliphatic heterocycles. The molecule has 0 aliphatic carbocycles. The Morgan fingerprint density at radius 1 is 0.950 bits per heavy atom. The van der Waals surface area contributed by atoms with E-state index >= 15 is 0 Å². The lowest BCUT2D eigenvalue weighted by molar-refractivity contribution is -0.118. The first-order chi connectivity index (χ1) is 9.63. The summed E-state index contributed by atoms with van der Waals surface area (Å²) in [6, 6.07) is 17.1. The number of hydrogen-bond donors (Lipinski definition) is 1. The average molecular weight is 264 g/mol. The maximum atomic E-state index is 12.2. The Morgan fingerprint density at radius 2 is 1.50 bits per heavy atom. The van der Waals surface area contributed by atoms with Gasteiger partial charge in [-0.05, 0) is 5.56 Å². The van der Waals surface area contributed by atoms with E-state index in [1.807, 2.05) is 12.1 Å². The Hall–Kier alpha value is -2.93. The number of benzene rings is 2. The zero-order valence-corrected chi connectivity index (χ0v) is 10.6. The second kappa shape index (κ2) is 5.81. The summed E-state index contributed by atoms with van der Waals surface area (Å²) in [6.45, 7) is 0. The molecule has 4 nitrogen and oxygen atoms in total. The van der Waals surface area contributed by atoms with Gasteiger partial charge in [-0.3, -0.25) is 9.59 Å². The lowest BCUT2D eigenvalue weighted by atomic mass is 9.96. The van der Waals surface area contributed by atoms with Crippen LogP contribution in [-0.4, -0.2) is 11.7 Å². The van der Waals surface area contributed by atoms with E-state index < -0.39 is 11.8 Å². The van der Waals surface area contributed by atoms with Crippen molar-refractivity contribution in [2.24, 2.45) is 5.73 Å². The molecule has 0 spiro atoms. The molecule has 1 amide bonds. The van der Waals surface area contributed by atoms with Gasteiger partial charge in [-0.1, -0.05) is 54.6 Å². The number of primary amides is 1. The van der Waals surface area contributed by atoms with E-state index in [2.05, 4.69) is 0 Å². The Bertz CT molecular complexity index is 670. The molecule has 0 fully saturated rings. The van der Waals surface area contributed by atoms with Crippen molar-refractivity contribution in [2.75, 3.05) is 0 Å². The highest BCUT2D eigenvalue weighted by molar-refractivity contribution is 6.09. The standard InChI is InChI=1S/C16H12N2O2/c17-10-14(16(18)20)11-6-8-13(9-7-11)15(19)12-4-2-1-3-5-12/h1-9,14H,(H2,18,20). The third-order valence-corrected chi connectivity index (χ3v) is 2.96. The third-order valence-electron chi connectivity index (χ3n) is 2.96. The van der Waals surface area contributed by atoms with Crippen LogP contribution >= 0.6 is 0 Å². The van der Waals surface area contributed by atoms with Gasteiger partial charge in [-0.15, -0.1) is 0 Å². The molecule has 0 radical (unpaired) electrons. The summed E-state index contributed by atoms with van der Waals surface area (Å²) in [5, 5.41) is 8.89. The molecule has 0 saturated carbocycles. The van der Waals surface area contributed by atoms with Gasteiger partial charge in [0.25, 0.3) is 0 Å². The van der Waals surface area contributed by atoms with E-state index in [9.17, 15) is 9.59 Å². The summed E-state index contributed by atoms with van der Waals surface area (Å²) in [4.78, 5) is 23.3. The topological polar surface area (TPSA) is 83.9 Å². The molecule has 0 heterocycles. The first-order valence-electron chi connectivity index (χ1n) is 6.02. The molecule has 2 N–H and O–H groups in total. The van der Waals surface area contributed by atoms with Crippen LogP contribution in [-0.2, 0) is 4.79 Å². The number of amides is 1. The fourth-order valence-electron chi connectivity index (χ4n) is 1.89. The molecule has 2 rings (SSSR count). The molecule has 2 aromatic rings. The maximum absolute atomic E-state index is 12.2. The number of nitrogens with two attached hydrogens (primary N) is 1. The van der Waals surface area contributed by atoms with Crippen molar-refractivity contribution >= 4 is 11.7 Å². The van der Waals surface area contributed by atoms with E-state index in [1.165, 1.54) is 0 Å². The van der Waals surface area contributed by atoms with Crippen LogP contribution in [0.1, 0.15) is 27.4 Å². The molecule has 0 aliphatic rings. The number of carbonyl (C=O) groups excluding carboxylic acids is 2. The van der Waals surface area contributed by atoms with Gasteiger partial charge in [-0.25, -0.2) is 0 Å². The quantitative estimate of drug-likeness (QED) is 0.857. The van der Waals surface area contributed by atoms with Crippen LogP contribution in [0.5, 0.6) is 0 Å². The number of hydrogen-bond acceptors (Lipinski definition) is 3. The molecule has 0 bridgehead atoms. The van der Waals surface area contributed by atoms with Crippen molar-refractivity contribution in [2.45, 2.75) is 5.92 Å². The lowest BCUT2D eigenvalue weighted by Crippen LogP contribution is -2.20. The minimum absolute atomic E-state index is 0.107. The molecule has 98 valence electrons. The highest BCUT2D eigenvalue weighted by Crippen LogP contribution is 2.17. The van der Waals surface area contributed by atoms with E-state index in [0.717, 1.165) is 0 Å². The minimum Gasteiger partial charge on any atom is -0.368 e. The predicted molar refractivity (Wildman–Crippen MR) is 73.9 cm³/mol. The Kier molecular flexibility index (Phi) is 3.92. The second-order valence-corrected chi connectivity index (χ2v) is 4.28. The fourth-order valence-corrected chi connectivity index (χ4v) is 1.89. The van der Waals surface area contributed by atoms with Crippen molar-refractivity contribution in [3.8, 4) is 6.07 Å². The monoisotopic (exact) mass is 264 g/mol. The average Bonchev–Trinajstić information content (AvgIpc) is 2.48. The highest BCUT2D eigenvalue weighted by atomic mass is 16.1. The molecular weight excluding hydrogens is 252 g/mol. The van der Waals surface area contributed by atoms with Gasteiger partial charge >= 0.3 is 0 Å². The summed E-state index contributed by atoms with van der Waals surface area (Å²) in [7, 11) is 0. The normalized spacial score (nSPS) is 11.3. The molecule has 1 atom stereocenters. The predicted octanol–water partition coefficient (Wildman–Crippen LogP) is 2.01. The summed E-state index contributed by atoms with van der Waals surface area (Å²) >= 11 is 0. The zero-order chi connectivity index (χ0) is 14.5. The first-order valence-corrected chi connectivity index (χ1v) is 6.02. The molecule has 0 aromatic heterocycles. The molecule has 20 heavy (non-hydrogen) atoms. The van der Waals surface area contributed by atoms with E-state index in [1.54, 1.807) is 48.5 Å². The number of ketones is 1. The smallest absolute Gasteiger partial charge is 0.239 e. The van der Waals surface area contributed by atoms with E-state index in [0.29, 0.717) is 16.7 Å². The van der Waals surface area contributed by atoms with Crippen LogP contribution in [0.25, 0.3) is 0 Å². The number of nitriles is 1.